The first kappa shape index (κ1) is 23.9. The molecular formula is C25H23BrCl3N5. The highest BCUT2D eigenvalue weighted by Crippen LogP contribution is 2.31. The van der Waals surface area contributed by atoms with E-state index in [1.807, 2.05) is 53.0 Å². The second kappa shape index (κ2) is 10.4. The maximum Gasteiger partial charge on any atom is 0.172 e. The van der Waals surface area contributed by atoms with E-state index in [2.05, 4.69) is 31.2 Å². The van der Waals surface area contributed by atoms with Crippen molar-refractivity contribution in [2.45, 2.75) is 19.4 Å². The Hall–Kier alpha value is -1.83. The zero-order chi connectivity index (χ0) is 23.7. The minimum atomic E-state index is 0.572. The molecule has 2 aromatic carbocycles. The first-order valence-corrected chi connectivity index (χ1v) is 13.1. The summed E-state index contributed by atoms with van der Waals surface area (Å²) >= 11 is 22.4. The van der Waals surface area contributed by atoms with Crippen LogP contribution in [-0.2, 0) is 6.54 Å². The summed E-state index contributed by atoms with van der Waals surface area (Å²) in [4.78, 5) is 7.24. The SMILES string of the molecule is Clc1ccc(CN2CCC(CNc3cc(-c4ccccc4Cl)nc4c(Br)cnn34)CC2)c(Cl)c1. The summed E-state index contributed by atoms with van der Waals surface area (Å²) in [6, 6.07) is 15.5. The zero-order valence-electron chi connectivity index (χ0n) is 18.3. The normalized spacial score (nSPS) is 15.2. The summed E-state index contributed by atoms with van der Waals surface area (Å²) < 4.78 is 2.68. The van der Waals surface area contributed by atoms with E-state index in [0.29, 0.717) is 16.0 Å². The molecule has 0 radical (unpaired) electrons. The third-order valence-corrected chi connectivity index (χ3v) is 7.74. The van der Waals surface area contributed by atoms with Gasteiger partial charge >= 0.3 is 0 Å². The zero-order valence-corrected chi connectivity index (χ0v) is 22.2. The summed E-state index contributed by atoms with van der Waals surface area (Å²) in [6.07, 6.45) is 4.00. The summed E-state index contributed by atoms with van der Waals surface area (Å²) in [5.41, 5.74) is 3.60. The van der Waals surface area contributed by atoms with Crippen LogP contribution >= 0.6 is 50.7 Å². The molecule has 0 amide bonds. The Bertz CT molecular complexity index is 1320. The van der Waals surface area contributed by atoms with E-state index < -0.39 is 0 Å². The minimum absolute atomic E-state index is 0.572. The number of nitrogens with one attached hydrogen (secondary N) is 1. The van der Waals surface area contributed by atoms with E-state index in [0.717, 1.165) is 76.8 Å². The number of fused-ring (bicyclic) bond motifs is 1. The van der Waals surface area contributed by atoms with E-state index in [-0.39, 0.29) is 0 Å². The molecule has 0 atom stereocenters. The number of hydrogen-bond acceptors (Lipinski definition) is 4. The summed E-state index contributed by atoms with van der Waals surface area (Å²) in [5.74, 6) is 1.48. The van der Waals surface area contributed by atoms with Gasteiger partial charge in [0.05, 0.1) is 16.4 Å². The number of piperidine rings is 1. The van der Waals surface area contributed by atoms with Gasteiger partial charge in [-0.1, -0.05) is 59.1 Å². The Morgan fingerprint density at radius 1 is 1.00 bits per heavy atom. The lowest BCUT2D eigenvalue weighted by Gasteiger charge is -2.32. The van der Waals surface area contributed by atoms with Crippen LogP contribution in [0.3, 0.4) is 0 Å². The molecule has 9 heteroatoms. The van der Waals surface area contributed by atoms with Crippen LogP contribution in [0.5, 0.6) is 0 Å². The second-order valence-corrected chi connectivity index (χ2v) is 10.7. The Kier molecular flexibility index (Phi) is 7.32. The molecule has 0 unspecified atom stereocenters. The Labute approximate surface area is 222 Å². The predicted octanol–water partition coefficient (Wildman–Crippen LogP) is 7.44. The van der Waals surface area contributed by atoms with Crippen LogP contribution in [0.1, 0.15) is 18.4 Å². The molecule has 1 aliphatic rings. The Morgan fingerprint density at radius 3 is 2.56 bits per heavy atom. The fourth-order valence-electron chi connectivity index (χ4n) is 4.36. The molecule has 3 heterocycles. The van der Waals surface area contributed by atoms with Crippen LogP contribution in [0.15, 0.2) is 59.2 Å². The lowest BCUT2D eigenvalue weighted by molar-refractivity contribution is 0.182. The van der Waals surface area contributed by atoms with Crippen molar-refractivity contribution in [1.82, 2.24) is 19.5 Å². The molecule has 1 saturated heterocycles. The van der Waals surface area contributed by atoms with Gasteiger partial charge < -0.3 is 5.32 Å². The van der Waals surface area contributed by atoms with Gasteiger partial charge in [-0.2, -0.15) is 9.61 Å². The van der Waals surface area contributed by atoms with Gasteiger partial charge in [-0.05, 0) is 71.5 Å². The van der Waals surface area contributed by atoms with Crippen molar-refractivity contribution in [3.8, 4) is 11.3 Å². The number of hydrogen-bond donors (Lipinski definition) is 1. The highest BCUT2D eigenvalue weighted by atomic mass is 79.9. The molecule has 2 aromatic heterocycles. The van der Waals surface area contributed by atoms with E-state index in [1.54, 1.807) is 6.20 Å². The highest BCUT2D eigenvalue weighted by Gasteiger charge is 2.21. The van der Waals surface area contributed by atoms with E-state index in [9.17, 15) is 0 Å². The lowest BCUT2D eigenvalue weighted by Crippen LogP contribution is -2.35. The maximum atomic E-state index is 6.45. The molecule has 5 rings (SSSR count). The molecule has 1 aliphatic heterocycles. The molecule has 34 heavy (non-hydrogen) atoms. The van der Waals surface area contributed by atoms with Crippen LogP contribution < -0.4 is 5.32 Å². The first-order chi connectivity index (χ1) is 16.5. The molecular weight excluding hydrogens is 557 g/mol. The molecule has 0 aliphatic carbocycles. The van der Waals surface area contributed by atoms with Crippen molar-refractivity contribution in [3.05, 3.63) is 79.8 Å². The second-order valence-electron chi connectivity index (χ2n) is 8.57. The predicted molar refractivity (Wildman–Crippen MR) is 144 cm³/mol. The number of anilines is 1. The molecule has 0 saturated carbocycles. The van der Waals surface area contributed by atoms with Crippen LogP contribution in [0.2, 0.25) is 15.1 Å². The largest absolute Gasteiger partial charge is 0.370 e. The van der Waals surface area contributed by atoms with Crippen molar-refractivity contribution < 1.29 is 0 Å². The number of halogens is 4. The standard InChI is InChI=1S/C25H23BrCl3N5/c26-20-14-31-34-24(12-23(32-25(20)34)19-3-1-2-4-21(19)28)30-13-16-7-9-33(10-8-16)15-17-5-6-18(27)11-22(17)29/h1-6,11-12,14,16,30H,7-10,13,15H2. The maximum absolute atomic E-state index is 6.45. The first-order valence-electron chi connectivity index (χ1n) is 11.2. The van der Waals surface area contributed by atoms with E-state index in [1.165, 1.54) is 0 Å². The number of nitrogens with zero attached hydrogens (tertiary/aromatic N) is 4. The lowest BCUT2D eigenvalue weighted by atomic mass is 9.96. The van der Waals surface area contributed by atoms with Gasteiger partial charge in [-0.3, -0.25) is 4.90 Å². The highest BCUT2D eigenvalue weighted by molar-refractivity contribution is 9.10. The number of rotatable bonds is 6. The Morgan fingerprint density at radius 2 is 1.79 bits per heavy atom. The fraction of sp³-hybridized carbons (Fsp3) is 0.280. The molecule has 4 aromatic rings. The number of aromatic nitrogens is 3. The average molecular weight is 580 g/mol. The summed E-state index contributed by atoms with van der Waals surface area (Å²) in [6.45, 7) is 3.79. The molecule has 1 fully saturated rings. The van der Waals surface area contributed by atoms with Crippen molar-refractivity contribution in [2.24, 2.45) is 5.92 Å². The van der Waals surface area contributed by atoms with Crippen LogP contribution in [-0.4, -0.2) is 39.1 Å². The van der Waals surface area contributed by atoms with Crippen molar-refractivity contribution in [2.75, 3.05) is 25.0 Å². The van der Waals surface area contributed by atoms with Gasteiger partial charge in [-0.25, -0.2) is 4.98 Å². The van der Waals surface area contributed by atoms with Gasteiger partial charge in [0.1, 0.15) is 5.82 Å². The topological polar surface area (TPSA) is 45.5 Å². The Balaban J connectivity index is 1.26. The monoisotopic (exact) mass is 577 g/mol. The van der Waals surface area contributed by atoms with Gasteiger partial charge in [0.15, 0.2) is 5.65 Å². The molecule has 176 valence electrons. The third kappa shape index (κ3) is 5.21. The molecule has 5 nitrogen and oxygen atoms in total. The van der Waals surface area contributed by atoms with Crippen molar-refractivity contribution in [1.29, 1.82) is 0 Å². The van der Waals surface area contributed by atoms with Crippen molar-refractivity contribution >= 4 is 62.2 Å². The summed E-state index contributed by atoms with van der Waals surface area (Å²) in [5, 5.41) is 10.2. The smallest absolute Gasteiger partial charge is 0.172 e. The average Bonchev–Trinajstić information content (AvgIpc) is 3.21. The fourth-order valence-corrected chi connectivity index (χ4v) is 5.41. The number of likely N-dealkylation sites (tertiary alicyclic amines) is 1. The summed E-state index contributed by atoms with van der Waals surface area (Å²) in [7, 11) is 0. The molecule has 1 N–H and O–H groups in total. The molecule has 0 bridgehead atoms. The van der Waals surface area contributed by atoms with E-state index in [4.69, 9.17) is 39.8 Å². The van der Waals surface area contributed by atoms with E-state index >= 15 is 0 Å². The van der Waals surface area contributed by atoms with Crippen LogP contribution in [0, 0.1) is 5.92 Å². The van der Waals surface area contributed by atoms with Crippen molar-refractivity contribution in [3.63, 3.8) is 0 Å². The van der Waals surface area contributed by atoms with Gasteiger partial charge in [0.2, 0.25) is 0 Å². The third-order valence-electron chi connectivity index (χ3n) is 6.27. The van der Waals surface area contributed by atoms with Crippen LogP contribution in [0.4, 0.5) is 5.82 Å². The minimum Gasteiger partial charge on any atom is -0.370 e. The number of benzene rings is 2. The van der Waals surface area contributed by atoms with Crippen LogP contribution in [0.25, 0.3) is 16.9 Å². The van der Waals surface area contributed by atoms with Gasteiger partial charge in [-0.15, -0.1) is 0 Å². The van der Waals surface area contributed by atoms with Gasteiger partial charge in [0, 0.05) is 39.8 Å². The van der Waals surface area contributed by atoms with Gasteiger partial charge in [0.25, 0.3) is 0 Å². The quantitative estimate of drug-likeness (QED) is 0.258. The molecule has 0 spiro atoms.